The number of benzene rings is 1. The van der Waals surface area contributed by atoms with E-state index in [1.807, 2.05) is 18.2 Å². The van der Waals surface area contributed by atoms with Crippen molar-refractivity contribution in [1.29, 1.82) is 0 Å². The van der Waals surface area contributed by atoms with Crippen LogP contribution < -0.4 is 10.5 Å². The molecule has 1 aliphatic rings. The largest absolute Gasteiger partial charge is 0.492 e. The molecule has 0 unspecified atom stereocenters. The van der Waals surface area contributed by atoms with Crippen molar-refractivity contribution in [3.63, 3.8) is 0 Å². The number of anilines is 1. The van der Waals surface area contributed by atoms with Crippen molar-refractivity contribution in [2.75, 3.05) is 39.0 Å². The molecule has 5 heteroatoms. The van der Waals surface area contributed by atoms with Gasteiger partial charge in [-0.25, -0.2) is 4.79 Å². The van der Waals surface area contributed by atoms with Crippen LogP contribution in [0.5, 0.6) is 5.75 Å². The summed E-state index contributed by atoms with van der Waals surface area (Å²) in [6.07, 6.45) is 0. The zero-order chi connectivity index (χ0) is 12.3. The number of nitrogen functional groups attached to an aromatic ring is 1. The first kappa shape index (κ1) is 11.6. The van der Waals surface area contributed by atoms with Gasteiger partial charge in [0.25, 0.3) is 0 Å². The van der Waals surface area contributed by atoms with Gasteiger partial charge in [-0.05, 0) is 12.1 Å². The lowest BCUT2D eigenvalue weighted by molar-refractivity contribution is 0.188. The lowest BCUT2D eigenvalue weighted by Crippen LogP contribution is -2.32. The summed E-state index contributed by atoms with van der Waals surface area (Å²) in [6, 6.07) is 7.36. The topological polar surface area (TPSA) is 58.8 Å². The van der Waals surface area contributed by atoms with Crippen molar-refractivity contribution in [3.05, 3.63) is 24.3 Å². The molecule has 0 radical (unpaired) electrons. The van der Waals surface area contributed by atoms with Gasteiger partial charge in [0.05, 0.1) is 6.54 Å². The smallest absolute Gasteiger partial charge is 0.319 e. The fourth-order valence-corrected chi connectivity index (χ4v) is 1.79. The Labute approximate surface area is 101 Å². The Hall–Kier alpha value is -1.91. The Bertz CT molecular complexity index is 408. The van der Waals surface area contributed by atoms with Crippen LogP contribution >= 0.6 is 0 Å². The Morgan fingerprint density at radius 1 is 1.41 bits per heavy atom. The van der Waals surface area contributed by atoms with E-state index in [1.54, 1.807) is 22.9 Å². The maximum absolute atomic E-state index is 11.6. The molecule has 0 saturated carbocycles. The molecule has 1 fully saturated rings. The molecular weight excluding hydrogens is 218 g/mol. The summed E-state index contributed by atoms with van der Waals surface area (Å²) in [5.74, 6) is 0.741. The predicted molar refractivity (Wildman–Crippen MR) is 65.9 cm³/mol. The van der Waals surface area contributed by atoms with Crippen molar-refractivity contribution in [1.82, 2.24) is 9.80 Å². The Morgan fingerprint density at radius 3 is 2.88 bits per heavy atom. The fourth-order valence-electron chi connectivity index (χ4n) is 1.79. The lowest BCUT2D eigenvalue weighted by atomic mass is 10.3. The van der Waals surface area contributed by atoms with E-state index in [2.05, 4.69) is 0 Å². The molecule has 1 aromatic rings. The molecule has 17 heavy (non-hydrogen) atoms. The molecule has 0 atom stereocenters. The zero-order valence-corrected chi connectivity index (χ0v) is 9.93. The van der Waals surface area contributed by atoms with Crippen molar-refractivity contribution in [2.24, 2.45) is 0 Å². The normalized spacial score (nSPS) is 15.5. The van der Waals surface area contributed by atoms with Crippen LogP contribution in [-0.4, -0.2) is 49.1 Å². The Kier molecular flexibility index (Phi) is 3.37. The first-order valence-corrected chi connectivity index (χ1v) is 5.65. The average molecular weight is 235 g/mol. The van der Waals surface area contributed by atoms with Crippen molar-refractivity contribution in [3.8, 4) is 5.75 Å². The van der Waals surface area contributed by atoms with Crippen LogP contribution in [-0.2, 0) is 0 Å². The van der Waals surface area contributed by atoms with Gasteiger partial charge < -0.3 is 20.3 Å². The minimum atomic E-state index is 0.0705. The second kappa shape index (κ2) is 4.95. The summed E-state index contributed by atoms with van der Waals surface area (Å²) in [4.78, 5) is 15.1. The summed E-state index contributed by atoms with van der Waals surface area (Å²) in [6.45, 7) is 2.66. The van der Waals surface area contributed by atoms with E-state index in [0.717, 1.165) is 18.8 Å². The number of ether oxygens (including phenoxy) is 1. The second-order valence-corrected chi connectivity index (χ2v) is 4.11. The third-order valence-electron chi connectivity index (χ3n) is 2.79. The maximum Gasteiger partial charge on any atom is 0.319 e. The van der Waals surface area contributed by atoms with Crippen molar-refractivity contribution in [2.45, 2.75) is 0 Å². The minimum absolute atomic E-state index is 0.0705. The second-order valence-electron chi connectivity index (χ2n) is 4.11. The molecule has 1 aromatic carbocycles. The number of likely N-dealkylation sites (N-methyl/N-ethyl adjacent to an activating group) is 1. The first-order chi connectivity index (χ1) is 8.16. The quantitative estimate of drug-likeness (QED) is 0.792. The van der Waals surface area contributed by atoms with Gasteiger partial charge in [-0.2, -0.15) is 0 Å². The van der Waals surface area contributed by atoms with Crippen LogP contribution in [0.25, 0.3) is 0 Å². The number of carbonyl (C=O) groups is 1. The van der Waals surface area contributed by atoms with Crippen LogP contribution in [0.3, 0.4) is 0 Å². The van der Waals surface area contributed by atoms with Gasteiger partial charge >= 0.3 is 6.03 Å². The van der Waals surface area contributed by atoms with Gasteiger partial charge in [0, 0.05) is 31.9 Å². The molecule has 2 N–H and O–H groups in total. The van der Waals surface area contributed by atoms with E-state index in [1.165, 1.54) is 0 Å². The number of hydrogen-bond donors (Lipinski definition) is 1. The summed E-state index contributed by atoms with van der Waals surface area (Å²) in [5, 5.41) is 0. The van der Waals surface area contributed by atoms with Crippen LogP contribution in [0, 0.1) is 0 Å². The highest BCUT2D eigenvalue weighted by Gasteiger charge is 2.24. The van der Waals surface area contributed by atoms with Crippen LogP contribution in [0.15, 0.2) is 24.3 Å². The van der Waals surface area contributed by atoms with E-state index >= 15 is 0 Å². The number of hydrogen-bond acceptors (Lipinski definition) is 3. The van der Waals surface area contributed by atoms with Crippen LogP contribution in [0.1, 0.15) is 0 Å². The number of carbonyl (C=O) groups excluding carboxylic acids is 1. The number of amides is 2. The maximum atomic E-state index is 11.6. The van der Waals surface area contributed by atoms with Gasteiger partial charge in [-0.3, -0.25) is 0 Å². The lowest BCUT2D eigenvalue weighted by Gasteiger charge is -2.16. The van der Waals surface area contributed by atoms with E-state index in [4.69, 9.17) is 10.5 Å². The van der Waals surface area contributed by atoms with Crippen molar-refractivity contribution < 1.29 is 9.53 Å². The van der Waals surface area contributed by atoms with Crippen LogP contribution in [0.2, 0.25) is 0 Å². The molecule has 2 amide bonds. The molecule has 0 spiro atoms. The van der Waals surface area contributed by atoms with Gasteiger partial charge in [0.2, 0.25) is 0 Å². The summed E-state index contributed by atoms with van der Waals surface area (Å²) < 4.78 is 5.54. The Balaban J connectivity index is 1.78. The fraction of sp³-hybridized carbons (Fsp3) is 0.417. The minimum Gasteiger partial charge on any atom is -0.492 e. The summed E-state index contributed by atoms with van der Waals surface area (Å²) in [7, 11) is 1.81. The molecule has 1 saturated heterocycles. The van der Waals surface area contributed by atoms with Gasteiger partial charge in [-0.15, -0.1) is 0 Å². The molecular formula is C12H17N3O2. The average Bonchev–Trinajstić information content (AvgIpc) is 2.61. The molecule has 2 rings (SSSR count). The predicted octanol–water partition coefficient (Wildman–Crippen LogP) is 1.01. The molecule has 0 aromatic heterocycles. The number of nitrogens with zero attached hydrogens (tertiary/aromatic N) is 2. The monoisotopic (exact) mass is 235 g/mol. The molecule has 0 aliphatic carbocycles. The highest BCUT2D eigenvalue weighted by atomic mass is 16.5. The van der Waals surface area contributed by atoms with E-state index in [0.29, 0.717) is 18.8 Å². The number of rotatable bonds is 4. The third kappa shape index (κ3) is 2.81. The molecule has 0 bridgehead atoms. The van der Waals surface area contributed by atoms with Gasteiger partial charge in [-0.1, -0.05) is 6.07 Å². The third-order valence-corrected chi connectivity index (χ3v) is 2.79. The summed E-state index contributed by atoms with van der Waals surface area (Å²) >= 11 is 0. The van der Waals surface area contributed by atoms with E-state index < -0.39 is 0 Å². The highest BCUT2D eigenvalue weighted by molar-refractivity contribution is 5.76. The van der Waals surface area contributed by atoms with Crippen molar-refractivity contribution >= 4 is 11.7 Å². The number of urea groups is 1. The highest BCUT2D eigenvalue weighted by Crippen LogP contribution is 2.14. The molecule has 5 nitrogen and oxygen atoms in total. The van der Waals surface area contributed by atoms with Crippen LogP contribution in [0.4, 0.5) is 10.5 Å². The SMILES string of the molecule is CN1CCN(CCOc2cccc(N)c2)C1=O. The standard InChI is InChI=1S/C12H17N3O2/c1-14-5-6-15(12(14)16)7-8-17-11-4-2-3-10(13)9-11/h2-4,9H,5-8,13H2,1H3. The molecule has 92 valence electrons. The molecule has 1 heterocycles. The van der Waals surface area contributed by atoms with Gasteiger partial charge in [0.15, 0.2) is 0 Å². The zero-order valence-electron chi connectivity index (χ0n) is 9.93. The van der Waals surface area contributed by atoms with Gasteiger partial charge in [0.1, 0.15) is 12.4 Å². The molecule has 1 aliphatic heterocycles. The summed E-state index contributed by atoms with van der Waals surface area (Å²) in [5.41, 5.74) is 6.32. The first-order valence-electron chi connectivity index (χ1n) is 5.65. The number of nitrogens with two attached hydrogens (primary N) is 1. The van der Waals surface area contributed by atoms with E-state index in [-0.39, 0.29) is 6.03 Å². The Morgan fingerprint density at radius 2 is 2.24 bits per heavy atom. The van der Waals surface area contributed by atoms with E-state index in [9.17, 15) is 4.79 Å².